The number of carbonyl (C=O) groups is 1. The topological polar surface area (TPSA) is 54.7 Å². The summed E-state index contributed by atoms with van der Waals surface area (Å²) in [6.07, 6.45) is 0. The second-order valence-corrected chi connectivity index (χ2v) is 5.19. The van der Waals surface area contributed by atoms with Crippen LogP contribution in [0, 0.1) is 0 Å². The number of nitrogens with one attached hydrogen (secondary N) is 1. The minimum absolute atomic E-state index is 0.00412. The van der Waals surface area contributed by atoms with E-state index >= 15 is 0 Å². The van der Waals surface area contributed by atoms with Gasteiger partial charge in [-0.25, -0.2) is 0 Å². The van der Waals surface area contributed by atoms with Crippen molar-refractivity contribution in [1.82, 2.24) is 10.2 Å². The van der Waals surface area contributed by atoms with Gasteiger partial charge in [0.15, 0.2) is 0 Å². The average molecular weight is 288 g/mol. The molecule has 0 bridgehead atoms. The Morgan fingerprint density at radius 3 is 3.00 bits per heavy atom. The summed E-state index contributed by atoms with van der Waals surface area (Å²) in [5.41, 5.74) is 0.878. The summed E-state index contributed by atoms with van der Waals surface area (Å²) in [6.45, 7) is 4.90. The molecule has 1 saturated heterocycles. The molecule has 1 amide bonds. The molecule has 5 heteroatoms. The Balaban J connectivity index is 1.81. The van der Waals surface area contributed by atoms with Gasteiger partial charge in [0.1, 0.15) is 18.0 Å². The van der Waals surface area contributed by atoms with Gasteiger partial charge in [-0.05, 0) is 18.7 Å². The maximum atomic E-state index is 11.9. The number of para-hydroxylation sites is 1. The molecule has 0 aliphatic carbocycles. The molecule has 1 aliphatic rings. The van der Waals surface area contributed by atoms with Gasteiger partial charge in [-0.1, -0.05) is 25.1 Å². The molecule has 1 unspecified atom stereocenters. The van der Waals surface area contributed by atoms with E-state index in [4.69, 9.17) is 9.15 Å². The van der Waals surface area contributed by atoms with E-state index in [1.807, 2.05) is 35.2 Å². The van der Waals surface area contributed by atoms with Crippen LogP contribution in [0.25, 0.3) is 11.0 Å². The lowest BCUT2D eigenvalue weighted by molar-refractivity contribution is -0.143. The van der Waals surface area contributed by atoms with Gasteiger partial charge in [-0.2, -0.15) is 0 Å². The van der Waals surface area contributed by atoms with Crippen LogP contribution in [0.3, 0.4) is 0 Å². The van der Waals surface area contributed by atoms with E-state index in [1.165, 1.54) is 0 Å². The second-order valence-electron chi connectivity index (χ2n) is 5.19. The molecule has 1 fully saturated rings. The van der Waals surface area contributed by atoms with Crippen LogP contribution in [0.15, 0.2) is 34.7 Å². The van der Waals surface area contributed by atoms with Crippen LogP contribution in [0.1, 0.15) is 18.7 Å². The summed E-state index contributed by atoms with van der Waals surface area (Å²) in [6, 6.07) is 10.0. The Morgan fingerprint density at radius 1 is 1.38 bits per heavy atom. The van der Waals surface area contributed by atoms with E-state index in [0.717, 1.165) is 23.3 Å². The molecule has 2 aromatic rings. The van der Waals surface area contributed by atoms with Crippen molar-refractivity contribution in [2.24, 2.45) is 0 Å². The van der Waals surface area contributed by atoms with E-state index in [2.05, 4.69) is 12.2 Å². The number of rotatable bonds is 5. The van der Waals surface area contributed by atoms with E-state index in [-0.39, 0.29) is 18.6 Å². The summed E-state index contributed by atoms with van der Waals surface area (Å²) < 4.78 is 11.1. The number of furan rings is 1. The molecule has 3 rings (SSSR count). The van der Waals surface area contributed by atoms with E-state index in [1.54, 1.807) is 0 Å². The lowest BCUT2D eigenvalue weighted by atomic mass is 10.1. The zero-order valence-corrected chi connectivity index (χ0v) is 12.2. The van der Waals surface area contributed by atoms with Crippen LogP contribution in [0.4, 0.5) is 0 Å². The fraction of sp³-hybridized carbons (Fsp3) is 0.438. The minimum atomic E-state index is 0.00412. The number of hydrogen-bond donors (Lipinski definition) is 1. The number of hydrogen-bond acceptors (Lipinski definition) is 4. The van der Waals surface area contributed by atoms with Crippen molar-refractivity contribution < 1.29 is 13.9 Å². The zero-order chi connectivity index (χ0) is 14.7. The normalized spacial score (nSPS) is 17.4. The molecule has 5 nitrogen and oxygen atoms in total. The van der Waals surface area contributed by atoms with Gasteiger partial charge in [0.05, 0.1) is 12.6 Å². The number of nitrogens with zero attached hydrogens (tertiary/aromatic N) is 1. The lowest BCUT2D eigenvalue weighted by Gasteiger charge is -2.30. The molecule has 1 aliphatic heterocycles. The van der Waals surface area contributed by atoms with Crippen LogP contribution in [-0.4, -0.2) is 43.7 Å². The van der Waals surface area contributed by atoms with Crippen molar-refractivity contribution in [3.63, 3.8) is 0 Å². The standard InChI is InChI=1S/C16H20N2O3/c1-2-17-13(10-18-7-8-20-11-16(18)19)15-9-12-5-3-4-6-14(12)21-15/h3-6,9,13,17H,2,7-8,10-11H2,1H3. The Labute approximate surface area is 123 Å². The first-order chi connectivity index (χ1) is 10.3. The first-order valence-corrected chi connectivity index (χ1v) is 7.35. The van der Waals surface area contributed by atoms with Gasteiger partial charge in [0.2, 0.25) is 5.91 Å². The van der Waals surface area contributed by atoms with Gasteiger partial charge in [-0.3, -0.25) is 4.79 Å². The van der Waals surface area contributed by atoms with Crippen LogP contribution >= 0.6 is 0 Å². The molecule has 1 aromatic carbocycles. The van der Waals surface area contributed by atoms with Crippen molar-refractivity contribution in [1.29, 1.82) is 0 Å². The van der Waals surface area contributed by atoms with Crippen molar-refractivity contribution in [3.8, 4) is 0 Å². The summed E-state index contributed by atoms with van der Waals surface area (Å²) in [7, 11) is 0. The molecular formula is C16H20N2O3. The lowest BCUT2D eigenvalue weighted by Crippen LogP contribution is -2.45. The van der Waals surface area contributed by atoms with E-state index in [9.17, 15) is 4.79 Å². The van der Waals surface area contributed by atoms with Crippen molar-refractivity contribution in [2.75, 3.05) is 32.8 Å². The number of morpholine rings is 1. The van der Waals surface area contributed by atoms with Crippen molar-refractivity contribution >= 4 is 16.9 Å². The molecule has 21 heavy (non-hydrogen) atoms. The molecular weight excluding hydrogens is 268 g/mol. The van der Waals surface area contributed by atoms with Crippen molar-refractivity contribution in [2.45, 2.75) is 13.0 Å². The maximum Gasteiger partial charge on any atom is 0.248 e. The van der Waals surface area contributed by atoms with E-state index < -0.39 is 0 Å². The third kappa shape index (κ3) is 3.09. The Hall–Kier alpha value is -1.85. The number of benzene rings is 1. The van der Waals surface area contributed by atoms with Crippen LogP contribution in [0.2, 0.25) is 0 Å². The number of carbonyl (C=O) groups excluding carboxylic acids is 1. The SMILES string of the molecule is CCNC(CN1CCOCC1=O)c1cc2ccccc2o1. The molecule has 1 N–H and O–H groups in total. The summed E-state index contributed by atoms with van der Waals surface area (Å²) >= 11 is 0. The molecule has 0 spiro atoms. The number of fused-ring (bicyclic) bond motifs is 1. The summed E-state index contributed by atoms with van der Waals surface area (Å²) in [4.78, 5) is 13.7. The molecule has 2 heterocycles. The number of ether oxygens (including phenoxy) is 1. The first-order valence-electron chi connectivity index (χ1n) is 7.35. The summed E-state index contributed by atoms with van der Waals surface area (Å²) in [5, 5.41) is 4.49. The van der Waals surface area contributed by atoms with Crippen LogP contribution in [-0.2, 0) is 9.53 Å². The predicted octanol–water partition coefficient (Wildman–Crippen LogP) is 1.94. The largest absolute Gasteiger partial charge is 0.459 e. The maximum absolute atomic E-state index is 11.9. The van der Waals surface area contributed by atoms with Gasteiger partial charge in [0, 0.05) is 18.5 Å². The monoisotopic (exact) mass is 288 g/mol. The molecule has 0 saturated carbocycles. The highest BCUT2D eigenvalue weighted by Crippen LogP contribution is 2.24. The Bertz CT molecular complexity index is 590. The van der Waals surface area contributed by atoms with Gasteiger partial charge >= 0.3 is 0 Å². The quantitative estimate of drug-likeness (QED) is 0.913. The predicted molar refractivity (Wildman–Crippen MR) is 80.0 cm³/mol. The molecule has 1 aromatic heterocycles. The Kier molecular flexibility index (Phi) is 4.22. The molecule has 112 valence electrons. The highest BCUT2D eigenvalue weighted by atomic mass is 16.5. The minimum Gasteiger partial charge on any atom is -0.459 e. The van der Waals surface area contributed by atoms with E-state index in [0.29, 0.717) is 19.7 Å². The third-order valence-corrected chi connectivity index (χ3v) is 3.73. The molecule has 1 atom stereocenters. The zero-order valence-electron chi connectivity index (χ0n) is 12.2. The summed E-state index contributed by atoms with van der Waals surface area (Å²) in [5.74, 6) is 0.914. The van der Waals surface area contributed by atoms with Gasteiger partial charge < -0.3 is 19.4 Å². The second kappa shape index (κ2) is 6.28. The fourth-order valence-corrected chi connectivity index (χ4v) is 2.64. The van der Waals surface area contributed by atoms with Crippen LogP contribution < -0.4 is 5.32 Å². The van der Waals surface area contributed by atoms with Crippen molar-refractivity contribution in [3.05, 3.63) is 36.1 Å². The van der Waals surface area contributed by atoms with Gasteiger partial charge in [0.25, 0.3) is 0 Å². The highest BCUT2D eigenvalue weighted by Gasteiger charge is 2.24. The molecule has 0 radical (unpaired) electrons. The highest BCUT2D eigenvalue weighted by molar-refractivity contribution is 5.79. The first kappa shape index (κ1) is 14.1. The average Bonchev–Trinajstić information content (AvgIpc) is 2.93. The van der Waals surface area contributed by atoms with Gasteiger partial charge in [-0.15, -0.1) is 0 Å². The number of likely N-dealkylation sites (N-methyl/N-ethyl adjacent to an activating group) is 1. The third-order valence-electron chi connectivity index (χ3n) is 3.73. The number of amides is 1. The fourth-order valence-electron chi connectivity index (χ4n) is 2.64. The van der Waals surface area contributed by atoms with Crippen LogP contribution in [0.5, 0.6) is 0 Å². The Morgan fingerprint density at radius 2 is 2.24 bits per heavy atom. The smallest absolute Gasteiger partial charge is 0.248 e.